The summed E-state index contributed by atoms with van der Waals surface area (Å²) in [5, 5.41) is 8.18. The van der Waals surface area contributed by atoms with Gasteiger partial charge in [-0.2, -0.15) is 0 Å². The Labute approximate surface area is 150 Å². The van der Waals surface area contributed by atoms with Crippen molar-refractivity contribution in [2.45, 2.75) is 33.9 Å². The first-order valence-electron chi connectivity index (χ1n) is 8.06. The maximum Gasteiger partial charge on any atom is 0.222 e. The zero-order valence-corrected chi connectivity index (χ0v) is 15.1. The number of halogens is 1. The van der Waals surface area contributed by atoms with Gasteiger partial charge in [-0.1, -0.05) is 30.6 Å². The Hall–Kier alpha value is -2.47. The summed E-state index contributed by atoms with van der Waals surface area (Å²) < 4.78 is 10.9. The molecule has 0 aliphatic rings. The Bertz CT molecular complexity index is 898. The number of hydrogen-bond donors (Lipinski definition) is 2. The Morgan fingerprint density at radius 2 is 2.16 bits per heavy atom. The highest BCUT2D eigenvalue weighted by atomic mass is 35.5. The van der Waals surface area contributed by atoms with E-state index in [1.165, 1.54) is 0 Å². The first-order valence-corrected chi connectivity index (χ1v) is 8.44. The number of rotatable bonds is 6. The third-order valence-electron chi connectivity index (χ3n) is 3.75. The molecule has 0 fully saturated rings. The second-order valence-electron chi connectivity index (χ2n) is 6.26. The van der Waals surface area contributed by atoms with Crippen LogP contribution in [-0.2, 0) is 17.9 Å². The van der Waals surface area contributed by atoms with E-state index in [2.05, 4.69) is 15.5 Å². The summed E-state index contributed by atoms with van der Waals surface area (Å²) in [6, 6.07) is 7.46. The van der Waals surface area contributed by atoms with Crippen molar-refractivity contribution in [3.63, 3.8) is 0 Å². The van der Waals surface area contributed by atoms with Crippen molar-refractivity contribution in [3.8, 4) is 5.75 Å². The van der Waals surface area contributed by atoms with Crippen LogP contribution in [0.5, 0.6) is 5.75 Å². The van der Waals surface area contributed by atoms with Crippen LogP contribution in [0.3, 0.4) is 0 Å². The number of nitrogens with zero attached hydrogens (tertiary/aromatic N) is 1. The molecule has 25 heavy (non-hydrogen) atoms. The molecule has 0 aliphatic heterocycles. The van der Waals surface area contributed by atoms with Gasteiger partial charge in [0.2, 0.25) is 5.91 Å². The molecule has 2 N–H and O–H groups in total. The van der Waals surface area contributed by atoms with Gasteiger partial charge in [0.25, 0.3) is 0 Å². The Morgan fingerprint density at radius 3 is 2.84 bits per heavy atom. The van der Waals surface area contributed by atoms with Crippen molar-refractivity contribution in [2.75, 3.05) is 0 Å². The molecule has 0 radical (unpaired) electrons. The van der Waals surface area contributed by atoms with E-state index in [1.807, 2.05) is 45.0 Å². The minimum absolute atomic E-state index is 0.0167. The van der Waals surface area contributed by atoms with Crippen LogP contribution in [0.15, 0.2) is 28.8 Å². The fraction of sp³-hybridized carbons (Fsp3) is 0.333. The molecular weight excluding hydrogens is 342 g/mol. The van der Waals surface area contributed by atoms with Crippen molar-refractivity contribution < 1.29 is 14.1 Å². The van der Waals surface area contributed by atoms with E-state index in [0.717, 1.165) is 22.3 Å². The van der Waals surface area contributed by atoms with Gasteiger partial charge in [-0.15, -0.1) is 0 Å². The topological polar surface area (TPSA) is 80.1 Å². The second-order valence-corrected chi connectivity index (χ2v) is 6.67. The average Bonchev–Trinajstić information content (AvgIpc) is 3.15. The number of benzene rings is 1. The summed E-state index contributed by atoms with van der Waals surface area (Å²) in [4.78, 5) is 15.0. The van der Waals surface area contributed by atoms with Gasteiger partial charge in [0.15, 0.2) is 5.76 Å². The molecular formula is C18H20ClN3O3. The van der Waals surface area contributed by atoms with Gasteiger partial charge in [0.05, 0.1) is 17.3 Å². The number of H-pyrrole nitrogens is 1. The maximum absolute atomic E-state index is 11.7. The van der Waals surface area contributed by atoms with Crippen LogP contribution in [0.2, 0.25) is 5.02 Å². The molecule has 0 aliphatic carbocycles. The number of carbonyl (C=O) groups is 1. The number of aryl methyl sites for hydroxylation is 1. The highest BCUT2D eigenvalue weighted by Gasteiger charge is 2.11. The van der Waals surface area contributed by atoms with Crippen LogP contribution in [0.25, 0.3) is 10.9 Å². The molecule has 0 saturated carbocycles. The first kappa shape index (κ1) is 17.4. The Kier molecular flexibility index (Phi) is 4.99. The van der Waals surface area contributed by atoms with E-state index in [0.29, 0.717) is 23.1 Å². The van der Waals surface area contributed by atoms with Gasteiger partial charge in [-0.05, 0) is 19.1 Å². The fourth-order valence-electron chi connectivity index (χ4n) is 2.42. The number of aromatic amines is 1. The predicted octanol–water partition coefficient (Wildman–Crippen LogP) is 3.97. The number of amides is 1. The van der Waals surface area contributed by atoms with Crippen LogP contribution in [0.4, 0.5) is 0 Å². The van der Waals surface area contributed by atoms with Crippen LogP contribution < -0.4 is 10.1 Å². The van der Waals surface area contributed by atoms with E-state index in [9.17, 15) is 4.79 Å². The summed E-state index contributed by atoms with van der Waals surface area (Å²) in [5.74, 6) is 1.17. The number of fused-ring (bicyclic) bond motifs is 1. The van der Waals surface area contributed by atoms with E-state index < -0.39 is 0 Å². The van der Waals surface area contributed by atoms with Crippen LogP contribution in [0, 0.1) is 12.8 Å². The van der Waals surface area contributed by atoms with Gasteiger partial charge < -0.3 is 19.6 Å². The second kappa shape index (κ2) is 7.19. The van der Waals surface area contributed by atoms with Gasteiger partial charge >= 0.3 is 0 Å². The molecule has 0 atom stereocenters. The van der Waals surface area contributed by atoms with E-state index in [1.54, 1.807) is 0 Å². The molecule has 2 heterocycles. The van der Waals surface area contributed by atoms with Gasteiger partial charge in [-0.3, -0.25) is 4.79 Å². The zero-order chi connectivity index (χ0) is 18.0. The number of ether oxygens (including phenoxy) is 1. The molecule has 0 spiro atoms. The lowest BCUT2D eigenvalue weighted by atomic mass is 10.2. The zero-order valence-electron chi connectivity index (χ0n) is 14.4. The lowest BCUT2D eigenvalue weighted by Crippen LogP contribution is -2.27. The highest BCUT2D eigenvalue weighted by molar-refractivity contribution is 6.32. The lowest BCUT2D eigenvalue weighted by Gasteiger charge is -2.06. The SMILES string of the molecule is Cc1cc(COc2cc3[nH]c(CNC(=O)C(C)C)cc3cc2Cl)on1. The lowest BCUT2D eigenvalue weighted by molar-refractivity contribution is -0.124. The van der Waals surface area contributed by atoms with Crippen LogP contribution >= 0.6 is 11.6 Å². The molecule has 0 saturated heterocycles. The van der Waals surface area contributed by atoms with Crippen molar-refractivity contribution >= 4 is 28.4 Å². The summed E-state index contributed by atoms with van der Waals surface area (Å²) in [5.41, 5.74) is 2.60. The molecule has 2 aromatic heterocycles. The number of carbonyl (C=O) groups excluding carboxylic acids is 1. The largest absolute Gasteiger partial charge is 0.484 e. The molecule has 3 rings (SSSR count). The van der Waals surface area contributed by atoms with Crippen LogP contribution in [-0.4, -0.2) is 16.0 Å². The summed E-state index contributed by atoms with van der Waals surface area (Å²) in [7, 11) is 0. The van der Waals surface area contributed by atoms with E-state index >= 15 is 0 Å². The number of aromatic nitrogens is 2. The molecule has 6 nitrogen and oxygen atoms in total. The Morgan fingerprint density at radius 1 is 1.36 bits per heavy atom. The minimum Gasteiger partial charge on any atom is -0.484 e. The summed E-state index contributed by atoms with van der Waals surface area (Å²) in [6.07, 6.45) is 0. The van der Waals surface area contributed by atoms with Gasteiger partial charge in [0, 0.05) is 34.6 Å². The predicted molar refractivity (Wildman–Crippen MR) is 95.6 cm³/mol. The minimum atomic E-state index is -0.0430. The Balaban J connectivity index is 1.72. The summed E-state index contributed by atoms with van der Waals surface area (Å²) >= 11 is 6.30. The summed E-state index contributed by atoms with van der Waals surface area (Å²) in [6.45, 7) is 6.27. The molecule has 1 amide bonds. The van der Waals surface area contributed by atoms with E-state index in [-0.39, 0.29) is 18.4 Å². The molecule has 0 bridgehead atoms. The molecule has 0 unspecified atom stereocenters. The maximum atomic E-state index is 11.7. The standard InChI is InChI=1S/C18H20ClN3O3/c1-10(2)18(23)20-8-13-5-12-6-15(19)17(7-16(12)21-13)24-9-14-4-11(3)22-25-14/h4-7,10,21H,8-9H2,1-3H3,(H,20,23). The normalized spacial score (nSPS) is 11.2. The molecule has 1 aromatic carbocycles. The molecule has 7 heteroatoms. The fourth-order valence-corrected chi connectivity index (χ4v) is 2.65. The number of hydrogen-bond acceptors (Lipinski definition) is 4. The van der Waals surface area contributed by atoms with Crippen molar-refractivity contribution in [1.82, 2.24) is 15.5 Å². The van der Waals surface area contributed by atoms with Crippen molar-refractivity contribution in [1.29, 1.82) is 0 Å². The quantitative estimate of drug-likeness (QED) is 0.696. The molecule has 3 aromatic rings. The number of nitrogens with one attached hydrogen (secondary N) is 2. The van der Waals surface area contributed by atoms with Crippen molar-refractivity contribution in [3.05, 3.63) is 46.4 Å². The van der Waals surface area contributed by atoms with Crippen molar-refractivity contribution in [2.24, 2.45) is 5.92 Å². The van der Waals surface area contributed by atoms with E-state index in [4.69, 9.17) is 20.9 Å². The average molecular weight is 362 g/mol. The van der Waals surface area contributed by atoms with Gasteiger partial charge in [-0.25, -0.2) is 0 Å². The highest BCUT2D eigenvalue weighted by Crippen LogP contribution is 2.31. The first-order chi connectivity index (χ1) is 11.9. The smallest absolute Gasteiger partial charge is 0.222 e. The van der Waals surface area contributed by atoms with Crippen LogP contribution in [0.1, 0.15) is 31.0 Å². The van der Waals surface area contributed by atoms with Gasteiger partial charge in [0.1, 0.15) is 12.4 Å². The molecule has 132 valence electrons. The third-order valence-corrected chi connectivity index (χ3v) is 4.05. The third kappa shape index (κ3) is 4.14. The monoisotopic (exact) mass is 361 g/mol.